The molecule has 0 radical (unpaired) electrons. The molecular weight excluding hydrogens is 502 g/mol. The molecule has 0 spiro atoms. The number of likely N-dealkylation sites (N-methyl/N-ethyl adjacent to an activating group) is 1. The first-order chi connectivity index (χ1) is 12.8. The Morgan fingerprint density at radius 2 is 1.93 bits per heavy atom. The zero-order valence-corrected chi connectivity index (χ0v) is 19.1. The average Bonchev–Trinajstić information content (AvgIpc) is 3.13. The Hall–Kier alpha value is -1.56. The Morgan fingerprint density at radius 1 is 1.25 bits per heavy atom. The molecule has 1 unspecified atom stereocenters. The van der Waals surface area contributed by atoms with Crippen molar-refractivity contribution in [3.8, 4) is 0 Å². The fourth-order valence-corrected chi connectivity index (χ4v) is 3.03. The number of thiazole rings is 1. The molecule has 28 heavy (non-hydrogen) atoms. The van der Waals surface area contributed by atoms with Crippen LogP contribution in [0.2, 0.25) is 0 Å². The standard InChI is InChI=1S/C18H24F3N5S.HI/c1-4-22-17(24-11-16-25-15(12-27-16)18(19,20)21)23-10-13(2)26(3)14-8-6-5-7-9-14;/h5-9,12-13H,4,10-11H2,1-3H3,(H2,22,23,24);1H. The lowest BCUT2D eigenvalue weighted by molar-refractivity contribution is -0.140. The van der Waals surface area contributed by atoms with Crippen molar-refractivity contribution in [2.45, 2.75) is 32.6 Å². The van der Waals surface area contributed by atoms with Crippen molar-refractivity contribution in [2.24, 2.45) is 4.99 Å². The van der Waals surface area contributed by atoms with Gasteiger partial charge >= 0.3 is 6.18 Å². The van der Waals surface area contributed by atoms with Crippen LogP contribution in [0.25, 0.3) is 0 Å². The monoisotopic (exact) mass is 527 g/mol. The number of nitrogens with zero attached hydrogens (tertiary/aromatic N) is 3. The maximum atomic E-state index is 12.6. The summed E-state index contributed by atoms with van der Waals surface area (Å²) < 4.78 is 37.9. The summed E-state index contributed by atoms with van der Waals surface area (Å²) in [5, 5.41) is 7.67. The van der Waals surface area contributed by atoms with Crippen LogP contribution in [0.4, 0.5) is 18.9 Å². The minimum Gasteiger partial charge on any atom is -0.370 e. The van der Waals surface area contributed by atoms with Crippen molar-refractivity contribution in [1.29, 1.82) is 0 Å². The number of hydrogen-bond acceptors (Lipinski definition) is 4. The molecule has 0 bridgehead atoms. The van der Waals surface area contributed by atoms with E-state index in [0.717, 1.165) is 22.4 Å². The number of alkyl halides is 3. The zero-order valence-electron chi connectivity index (χ0n) is 16.0. The number of halogens is 4. The van der Waals surface area contributed by atoms with Crippen LogP contribution in [0.3, 0.4) is 0 Å². The zero-order chi connectivity index (χ0) is 19.9. The molecule has 1 heterocycles. The third-order valence-electron chi connectivity index (χ3n) is 3.95. The summed E-state index contributed by atoms with van der Waals surface area (Å²) >= 11 is 0.961. The molecule has 0 aliphatic rings. The number of rotatable bonds is 7. The third-order valence-corrected chi connectivity index (χ3v) is 4.78. The number of aromatic nitrogens is 1. The molecule has 1 aromatic carbocycles. The van der Waals surface area contributed by atoms with Crippen LogP contribution in [0.5, 0.6) is 0 Å². The fourth-order valence-electron chi connectivity index (χ4n) is 2.30. The number of aliphatic imine (C=N–C) groups is 1. The Bertz CT molecular complexity index is 736. The van der Waals surface area contributed by atoms with E-state index in [1.54, 1.807) is 0 Å². The molecule has 1 atom stereocenters. The SMILES string of the molecule is CCNC(=NCc1nc(C(F)(F)F)cs1)NCC(C)N(C)c1ccccc1.I. The van der Waals surface area contributed by atoms with Gasteiger partial charge in [0, 0.05) is 37.2 Å². The van der Waals surface area contributed by atoms with Gasteiger partial charge in [0.1, 0.15) is 5.01 Å². The van der Waals surface area contributed by atoms with Crippen LogP contribution >= 0.6 is 35.3 Å². The predicted molar refractivity (Wildman–Crippen MR) is 120 cm³/mol. The number of anilines is 1. The van der Waals surface area contributed by atoms with Crippen molar-refractivity contribution in [1.82, 2.24) is 15.6 Å². The van der Waals surface area contributed by atoms with Crippen LogP contribution < -0.4 is 15.5 Å². The second-order valence-electron chi connectivity index (χ2n) is 6.00. The maximum Gasteiger partial charge on any atom is 0.434 e. The number of hydrogen-bond donors (Lipinski definition) is 2. The summed E-state index contributed by atoms with van der Waals surface area (Å²) in [6.45, 7) is 5.39. The first kappa shape index (κ1) is 24.5. The predicted octanol–water partition coefficient (Wildman–Crippen LogP) is 4.36. The lowest BCUT2D eigenvalue weighted by Gasteiger charge is -2.27. The van der Waals surface area contributed by atoms with Crippen molar-refractivity contribution >= 4 is 47.0 Å². The molecule has 2 aromatic rings. The largest absolute Gasteiger partial charge is 0.434 e. The van der Waals surface area contributed by atoms with Gasteiger partial charge in [-0.1, -0.05) is 18.2 Å². The molecule has 0 aliphatic heterocycles. The summed E-state index contributed by atoms with van der Waals surface area (Å²) in [6, 6.07) is 10.2. The van der Waals surface area contributed by atoms with E-state index in [1.807, 2.05) is 44.3 Å². The highest BCUT2D eigenvalue weighted by molar-refractivity contribution is 14.0. The summed E-state index contributed by atoms with van der Waals surface area (Å²) in [5.74, 6) is 0.551. The van der Waals surface area contributed by atoms with Crippen LogP contribution in [-0.2, 0) is 12.7 Å². The number of benzene rings is 1. The lowest BCUT2D eigenvalue weighted by Crippen LogP contribution is -2.45. The summed E-state index contributed by atoms with van der Waals surface area (Å²) in [7, 11) is 2.01. The number of guanidine groups is 1. The molecule has 2 N–H and O–H groups in total. The summed E-state index contributed by atoms with van der Waals surface area (Å²) in [6.07, 6.45) is -4.42. The maximum absolute atomic E-state index is 12.6. The second-order valence-corrected chi connectivity index (χ2v) is 6.94. The Labute approximate surface area is 184 Å². The van der Waals surface area contributed by atoms with Crippen molar-refractivity contribution in [3.05, 3.63) is 46.4 Å². The van der Waals surface area contributed by atoms with Gasteiger partial charge in [-0.15, -0.1) is 35.3 Å². The molecule has 5 nitrogen and oxygen atoms in total. The Balaban J connectivity index is 0.00000392. The van der Waals surface area contributed by atoms with Gasteiger partial charge in [0.25, 0.3) is 0 Å². The summed E-state index contributed by atoms with van der Waals surface area (Å²) in [5.41, 5.74) is 0.241. The molecule has 156 valence electrons. The molecule has 2 rings (SSSR count). The van der Waals surface area contributed by atoms with E-state index in [9.17, 15) is 13.2 Å². The van der Waals surface area contributed by atoms with E-state index >= 15 is 0 Å². The van der Waals surface area contributed by atoms with E-state index in [1.165, 1.54) is 0 Å². The number of para-hydroxylation sites is 1. The van der Waals surface area contributed by atoms with Crippen LogP contribution in [0.1, 0.15) is 24.5 Å². The Morgan fingerprint density at radius 3 is 2.50 bits per heavy atom. The normalized spacial score (nSPS) is 12.9. The van der Waals surface area contributed by atoms with Gasteiger partial charge in [-0.2, -0.15) is 13.2 Å². The van der Waals surface area contributed by atoms with Crippen molar-refractivity contribution in [3.63, 3.8) is 0 Å². The minimum atomic E-state index is -4.42. The van der Waals surface area contributed by atoms with Gasteiger partial charge in [0.2, 0.25) is 0 Å². The van der Waals surface area contributed by atoms with Crippen LogP contribution in [0, 0.1) is 0 Å². The first-order valence-corrected chi connectivity index (χ1v) is 9.51. The van der Waals surface area contributed by atoms with E-state index < -0.39 is 11.9 Å². The highest BCUT2D eigenvalue weighted by Gasteiger charge is 2.33. The third kappa shape index (κ3) is 7.46. The van der Waals surface area contributed by atoms with E-state index in [0.29, 0.717) is 24.1 Å². The van der Waals surface area contributed by atoms with Crippen LogP contribution in [0.15, 0.2) is 40.7 Å². The minimum absolute atomic E-state index is 0. The smallest absolute Gasteiger partial charge is 0.370 e. The van der Waals surface area contributed by atoms with Gasteiger partial charge < -0.3 is 15.5 Å². The number of nitrogens with one attached hydrogen (secondary N) is 2. The molecular formula is C18H25F3IN5S. The molecule has 0 aliphatic carbocycles. The molecule has 10 heteroatoms. The van der Waals surface area contributed by atoms with E-state index in [4.69, 9.17) is 0 Å². The van der Waals surface area contributed by atoms with Gasteiger partial charge in [0.05, 0.1) is 6.54 Å². The molecule has 0 fully saturated rings. The van der Waals surface area contributed by atoms with Gasteiger partial charge in [-0.3, -0.25) is 0 Å². The highest BCUT2D eigenvalue weighted by Crippen LogP contribution is 2.30. The van der Waals surface area contributed by atoms with E-state index in [-0.39, 0.29) is 36.6 Å². The molecule has 1 aromatic heterocycles. The summed E-state index contributed by atoms with van der Waals surface area (Å²) in [4.78, 5) is 10.1. The molecule has 0 saturated carbocycles. The highest BCUT2D eigenvalue weighted by atomic mass is 127. The topological polar surface area (TPSA) is 52.6 Å². The fraction of sp³-hybridized carbons (Fsp3) is 0.444. The Kier molecular flexibility index (Phi) is 10.0. The van der Waals surface area contributed by atoms with Gasteiger partial charge in [-0.25, -0.2) is 9.98 Å². The van der Waals surface area contributed by atoms with Crippen molar-refractivity contribution < 1.29 is 13.2 Å². The van der Waals surface area contributed by atoms with Crippen LogP contribution in [-0.4, -0.2) is 37.1 Å². The second kappa shape index (κ2) is 11.4. The van der Waals surface area contributed by atoms with E-state index in [2.05, 4.69) is 32.4 Å². The first-order valence-electron chi connectivity index (χ1n) is 8.63. The van der Waals surface area contributed by atoms with Crippen molar-refractivity contribution in [2.75, 3.05) is 25.0 Å². The quantitative estimate of drug-likeness (QED) is 0.319. The van der Waals surface area contributed by atoms with Gasteiger partial charge in [-0.05, 0) is 26.0 Å². The molecule has 0 saturated heterocycles. The average molecular weight is 527 g/mol. The lowest BCUT2D eigenvalue weighted by atomic mass is 10.2. The van der Waals surface area contributed by atoms with Gasteiger partial charge in [0.15, 0.2) is 11.7 Å². The molecule has 0 amide bonds.